The second kappa shape index (κ2) is 3.54. The lowest BCUT2D eigenvalue weighted by atomic mass is 10.2. The molecule has 12 heavy (non-hydrogen) atoms. The van der Waals surface area contributed by atoms with E-state index in [0.29, 0.717) is 11.5 Å². The summed E-state index contributed by atoms with van der Waals surface area (Å²) in [6.45, 7) is 3.71. The van der Waals surface area contributed by atoms with Gasteiger partial charge in [-0.3, -0.25) is 4.79 Å². The second-order valence-electron chi connectivity index (χ2n) is 2.82. The molecule has 66 valence electrons. The van der Waals surface area contributed by atoms with Crippen LogP contribution in [0.1, 0.15) is 24.5 Å². The van der Waals surface area contributed by atoms with Crippen molar-refractivity contribution in [3.63, 3.8) is 0 Å². The summed E-state index contributed by atoms with van der Waals surface area (Å²) in [7, 11) is 1.83. The highest BCUT2D eigenvalue weighted by atomic mass is 16.3. The highest BCUT2D eigenvalue weighted by Gasteiger charge is 2.05. The summed E-state index contributed by atoms with van der Waals surface area (Å²) in [5.74, 6) is 1.34. The lowest BCUT2D eigenvalue weighted by Crippen LogP contribution is -2.14. The first-order valence-electron chi connectivity index (χ1n) is 3.92. The molecule has 3 heteroatoms. The van der Waals surface area contributed by atoms with Gasteiger partial charge in [0.1, 0.15) is 11.5 Å². The predicted molar refractivity (Wildman–Crippen MR) is 47.2 cm³/mol. The van der Waals surface area contributed by atoms with E-state index in [2.05, 4.69) is 5.32 Å². The van der Waals surface area contributed by atoms with Crippen molar-refractivity contribution < 1.29 is 4.42 Å². The zero-order valence-electron chi connectivity index (χ0n) is 7.55. The largest absolute Gasteiger partial charge is 0.464 e. The molecule has 0 spiro atoms. The zero-order valence-corrected chi connectivity index (χ0v) is 7.55. The monoisotopic (exact) mass is 167 g/mol. The molecule has 1 aromatic heterocycles. The SMILES string of the molecule is CNC(C)c1cc(=O)cc(C)o1. The maximum absolute atomic E-state index is 11.0. The summed E-state index contributed by atoms with van der Waals surface area (Å²) in [5, 5.41) is 3.00. The Morgan fingerprint density at radius 2 is 2.17 bits per heavy atom. The molecular formula is C9H13NO2. The Hall–Kier alpha value is -1.09. The van der Waals surface area contributed by atoms with Gasteiger partial charge in [-0.25, -0.2) is 0 Å². The van der Waals surface area contributed by atoms with Crippen molar-refractivity contribution >= 4 is 0 Å². The molecule has 0 aliphatic carbocycles. The minimum atomic E-state index is -0.00384. The van der Waals surface area contributed by atoms with Crippen LogP contribution in [0, 0.1) is 6.92 Å². The molecular weight excluding hydrogens is 154 g/mol. The van der Waals surface area contributed by atoms with Gasteiger partial charge >= 0.3 is 0 Å². The van der Waals surface area contributed by atoms with Crippen molar-refractivity contribution in [2.24, 2.45) is 0 Å². The van der Waals surface area contributed by atoms with Crippen LogP contribution in [0.5, 0.6) is 0 Å². The molecule has 1 rings (SSSR count). The average molecular weight is 167 g/mol. The molecule has 1 unspecified atom stereocenters. The average Bonchev–Trinajstić information content (AvgIpc) is 2.01. The Labute approximate surface area is 71.4 Å². The number of hydrogen-bond donors (Lipinski definition) is 1. The third kappa shape index (κ3) is 1.95. The molecule has 0 aliphatic heterocycles. The molecule has 0 aromatic carbocycles. The molecule has 0 fully saturated rings. The molecule has 1 atom stereocenters. The minimum absolute atomic E-state index is 0.00384. The first kappa shape index (κ1) is 9.00. The van der Waals surface area contributed by atoms with Crippen LogP contribution in [-0.2, 0) is 0 Å². The highest BCUT2D eigenvalue weighted by Crippen LogP contribution is 2.10. The van der Waals surface area contributed by atoms with Crippen LogP contribution >= 0.6 is 0 Å². The lowest BCUT2D eigenvalue weighted by Gasteiger charge is -2.08. The van der Waals surface area contributed by atoms with E-state index in [0.717, 1.165) is 0 Å². The van der Waals surface area contributed by atoms with Gasteiger partial charge in [-0.05, 0) is 20.9 Å². The lowest BCUT2D eigenvalue weighted by molar-refractivity contribution is 0.415. The van der Waals surface area contributed by atoms with Crippen molar-refractivity contribution in [3.8, 4) is 0 Å². The second-order valence-corrected chi connectivity index (χ2v) is 2.82. The topological polar surface area (TPSA) is 42.2 Å². The maximum atomic E-state index is 11.0. The first-order chi connectivity index (χ1) is 5.63. The fraction of sp³-hybridized carbons (Fsp3) is 0.444. The molecule has 0 saturated carbocycles. The number of nitrogens with one attached hydrogen (secondary N) is 1. The Kier molecular flexibility index (Phi) is 2.65. The third-order valence-corrected chi connectivity index (χ3v) is 1.77. The Balaban J connectivity index is 3.08. The normalized spacial score (nSPS) is 12.9. The van der Waals surface area contributed by atoms with Gasteiger partial charge in [0, 0.05) is 12.1 Å². The maximum Gasteiger partial charge on any atom is 0.185 e. The smallest absolute Gasteiger partial charge is 0.185 e. The summed E-state index contributed by atoms with van der Waals surface area (Å²) in [4.78, 5) is 11.0. The van der Waals surface area contributed by atoms with Gasteiger partial charge in [-0.1, -0.05) is 0 Å². The quantitative estimate of drug-likeness (QED) is 0.720. The van der Waals surface area contributed by atoms with E-state index < -0.39 is 0 Å². The predicted octanol–water partition coefficient (Wildman–Crippen LogP) is 1.23. The standard InChI is InChI=1S/C9H13NO2/c1-6-4-8(11)5-9(12-6)7(2)10-3/h4-5,7,10H,1-3H3. The van der Waals surface area contributed by atoms with Crippen LogP contribution in [0.15, 0.2) is 21.3 Å². The molecule has 1 N–H and O–H groups in total. The van der Waals surface area contributed by atoms with Crippen LogP contribution in [0.3, 0.4) is 0 Å². The fourth-order valence-corrected chi connectivity index (χ4v) is 0.983. The van der Waals surface area contributed by atoms with Crippen LogP contribution in [0.2, 0.25) is 0 Å². The van der Waals surface area contributed by atoms with E-state index in [-0.39, 0.29) is 11.5 Å². The van der Waals surface area contributed by atoms with Gasteiger partial charge in [-0.2, -0.15) is 0 Å². The van der Waals surface area contributed by atoms with Crippen molar-refractivity contribution in [3.05, 3.63) is 33.9 Å². The molecule has 3 nitrogen and oxygen atoms in total. The summed E-state index contributed by atoms with van der Waals surface area (Å²) in [6, 6.07) is 3.07. The summed E-state index contributed by atoms with van der Waals surface area (Å²) in [5.41, 5.74) is -0.00384. The number of rotatable bonds is 2. The summed E-state index contributed by atoms with van der Waals surface area (Å²) in [6.07, 6.45) is 0. The number of aryl methyl sites for hydroxylation is 1. The summed E-state index contributed by atoms with van der Waals surface area (Å²) >= 11 is 0. The van der Waals surface area contributed by atoms with Crippen LogP contribution in [-0.4, -0.2) is 7.05 Å². The van der Waals surface area contributed by atoms with E-state index in [4.69, 9.17) is 4.42 Å². The third-order valence-electron chi connectivity index (χ3n) is 1.77. The van der Waals surface area contributed by atoms with Crippen molar-refractivity contribution in [2.45, 2.75) is 19.9 Å². The molecule has 1 heterocycles. The molecule has 1 aromatic rings. The van der Waals surface area contributed by atoms with Crippen molar-refractivity contribution in [2.75, 3.05) is 7.05 Å². The Morgan fingerprint density at radius 3 is 2.67 bits per heavy atom. The van der Waals surface area contributed by atoms with Gasteiger partial charge in [0.25, 0.3) is 0 Å². The first-order valence-corrected chi connectivity index (χ1v) is 3.92. The molecule has 0 bridgehead atoms. The van der Waals surface area contributed by atoms with Gasteiger partial charge in [-0.15, -0.1) is 0 Å². The molecule has 0 amide bonds. The van der Waals surface area contributed by atoms with E-state index in [1.165, 1.54) is 12.1 Å². The highest BCUT2D eigenvalue weighted by molar-refractivity contribution is 5.07. The molecule has 0 aliphatic rings. The van der Waals surface area contributed by atoms with Crippen molar-refractivity contribution in [1.82, 2.24) is 5.32 Å². The van der Waals surface area contributed by atoms with E-state index >= 15 is 0 Å². The summed E-state index contributed by atoms with van der Waals surface area (Å²) < 4.78 is 5.35. The Morgan fingerprint density at radius 1 is 1.50 bits per heavy atom. The zero-order chi connectivity index (χ0) is 9.14. The van der Waals surface area contributed by atoms with Crippen LogP contribution in [0.4, 0.5) is 0 Å². The molecule has 0 saturated heterocycles. The van der Waals surface area contributed by atoms with E-state index in [9.17, 15) is 4.79 Å². The molecule has 0 radical (unpaired) electrons. The van der Waals surface area contributed by atoms with E-state index in [1.807, 2.05) is 14.0 Å². The minimum Gasteiger partial charge on any atom is -0.464 e. The van der Waals surface area contributed by atoms with Crippen molar-refractivity contribution in [1.29, 1.82) is 0 Å². The Bertz CT molecular complexity index is 317. The van der Waals surface area contributed by atoms with Gasteiger partial charge in [0.05, 0.1) is 6.04 Å². The van der Waals surface area contributed by atoms with Gasteiger partial charge in [0.2, 0.25) is 0 Å². The van der Waals surface area contributed by atoms with Crippen LogP contribution < -0.4 is 10.7 Å². The van der Waals surface area contributed by atoms with Gasteiger partial charge in [0.15, 0.2) is 5.43 Å². The fourth-order valence-electron chi connectivity index (χ4n) is 0.983. The van der Waals surface area contributed by atoms with E-state index in [1.54, 1.807) is 6.92 Å². The van der Waals surface area contributed by atoms with Crippen LogP contribution in [0.25, 0.3) is 0 Å². The van der Waals surface area contributed by atoms with Gasteiger partial charge < -0.3 is 9.73 Å². The number of hydrogen-bond acceptors (Lipinski definition) is 3.